The van der Waals surface area contributed by atoms with E-state index in [1.54, 1.807) is 21.3 Å². The van der Waals surface area contributed by atoms with Crippen molar-refractivity contribution in [1.29, 1.82) is 0 Å². The van der Waals surface area contributed by atoms with Crippen LogP contribution in [-0.4, -0.2) is 52.0 Å². The van der Waals surface area contributed by atoms with Crippen molar-refractivity contribution in [2.45, 2.75) is 25.0 Å². The van der Waals surface area contributed by atoms with Crippen LogP contribution in [0.4, 0.5) is 0 Å². The minimum absolute atomic E-state index is 0.187. The van der Waals surface area contributed by atoms with Gasteiger partial charge in [-0.2, -0.15) is 0 Å². The molecule has 1 aliphatic rings. The molecular weight excluding hydrogens is 268 g/mol. The molecule has 21 heavy (non-hydrogen) atoms. The van der Waals surface area contributed by atoms with Gasteiger partial charge in [-0.15, -0.1) is 0 Å². The molecule has 1 saturated heterocycles. The highest BCUT2D eigenvalue weighted by Gasteiger charge is 2.25. The molecule has 1 aromatic rings. The first-order valence-electron chi connectivity index (χ1n) is 7.41. The Morgan fingerprint density at radius 3 is 2.10 bits per heavy atom. The van der Waals surface area contributed by atoms with E-state index >= 15 is 0 Å². The van der Waals surface area contributed by atoms with Crippen LogP contribution < -0.4 is 15.2 Å². The van der Waals surface area contributed by atoms with Gasteiger partial charge in [0.2, 0.25) is 0 Å². The Bertz CT molecular complexity index is 423. The summed E-state index contributed by atoms with van der Waals surface area (Å²) < 4.78 is 16.1. The minimum atomic E-state index is 0.187. The maximum atomic E-state index is 6.03. The van der Waals surface area contributed by atoms with E-state index in [9.17, 15) is 0 Å². The van der Waals surface area contributed by atoms with E-state index in [1.165, 1.54) is 0 Å². The zero-order valence-electron chi connectivity index (χ0n) is 13.2. The first kappa shape index (κ1) is 16.1. The summed E-state index contributed by atoms with van der Waals surface area (Å²) in [4.78, 5) is 2.42. The second-order valence-electron chi connectivity index (χ2n) is 5.37. The van der Waals surface area contributed by atoms with Gasteiger partial charge in [0.05, 0.1) is 20.3 Å². The Morgan fingerprint density at radius 1 is 1.10 bits per heavy atom. The quantitative estimate of drug-likeness (QED) is 0.867. The molecule has 0 amide bonds. The smallest absolute Gasteiger partial charge is 0.122 e. The van der Waals surface area contributed by atoms with Crippen molar-refractivity contribution in [1.82, 2.24) is 4.90 Å². The summed E-state index contributed by atoms with van der Waals surface area (Å²) in [6.07, 6.45) is 2.47. The molecule has 1 atom stereocenters. The number of methoxy groups -OCH3 is 3. The normalized spacial score (nSPS) is 18.5. The number of ether oxygens (including phenoxy) is 3. The van der Waals surface area contributed by atoms with Gasteiger partial charge < -0.3 is 19.9 Å². The van der Waals surface area contributed by atoms with Crippen molar-refractivity contribution in [2.75, 3.05) is 41.0 Å². The van der Waals surface area contributed by atoms with Crippen LogP contribution in [0.25, 0.3) is 0 Å². The summed E-state index contributed by atoms with van der Waals surface area (Å²) >= 11 is 0. The molecule has 2 N–H and O–H groups in total. The number of benzene rings is 1. The monoisotopic (exact) mass is 294 g/mol. The van der Waals surface area contributed by atoms with Gasteiger partial charge in [-0.1, -0.05) is 0 Å². The Morgan fingerprint density at radius 2 is 1.67 bits per heavy atom. The van der Waals surface area contributed by atoms with E-state index in [0.29, 0.717) is 12.6 Å². The van der Waals surface area contributed by atoms with E-state index in [2.05, 4.69) is 4.90 Å². The van der Waals surface area contributed by atoms with Gasteiger partial charge in [-0.3, -0.25) is 4.90 Å². The first-order chi connectivity index (χ1) is 10.2. The van der Waals surface area contributed by atoms with Crippen LogP contribution in [-0.2, 0) is 4.74 Å². The Kier molecular flexibility index (Phi) is 5.85. The van der Waals surface area contributed by atoms with E-state index in [0.717, 1.165) is 43.0 Å². The summed E-state index contributed by atoms with van der Waals surface area (Å²) in [5.74, 6) is 1.60. The van der Waals surface area contributed by atoms with Crippen LogP contribution in [0.15, 0.2) is 18.2 Å². The molecule has 1 fully saturated rings. The number of likely N-dealkylation sites (tertiary alicyclic amines) is 1. The molecule has 0 bridgehead atoms. The molecule has 0 aromatic heterocycles. The topological polar surface area (TPSA) is 57.0 Å². The highest BCUT2D eigenvalue weighted by Crippen LogP contribution is 2.30. The van der Waals surface area contributed by atoms with Crippen molar-refractivity contribution >= 4 is 0 Å². The Hall–Kier alpha value is -1.30. The molecule has 1 unspecified atom stereocenters. The molecule has 0 aliphatic carbocycles. The Labute approximate surface area is 127 Å². The largest absolute Gasteiger partial charge is 0.497 e. The third-order valence-electron chi connectivity index (χ3n) is 4.23. The summed E-state index contributed by atoms with van der Waals surface area (Å²) in [5.41, 5.74) is 7.17. The maximum absolute atomic E-state index is 6.03. The van der Waals surface area contributed by atoms with E-state index in [4.69, 9.17) is 19.9 Å². The minimum Gasteiger partial charge on any atom is -0.497 e. The number of hydrogen-bond acceptors (Lipinski definition) is 5. The molecule has 5 nitrogen and oxygen atoms in total. The fourth-order valence-corrected chi connectivity index (χ4v) is 2.94. The van der Waals surface area contributed by atoms with Crippen molar-refractivity contribution in [3.8, 4) is 11.5 Å². The van der Waals surface area contributed by atoms with Crippen LogP contribution in [0, 0.1) is 0 Å². The number of piperidine rings is 1. The average molecular weight is 294 g/mol. The SMILES string of the molecule is COc1cc(OC)cc(C(CN)N2CCC(OC)CC2)c1. The van der Waals surface area contributed by atoms with Gasteiger partial charge in [-0.25, -0.2) is 0 Å². The third-order valence-corrected chi connectivity index (χ3v) is 4.23. The zero-order chi connectivity index (χ0) is 15.2. The van der Waals surface area contributed by atoms with Crippen molar-refractivity contribution < 1.29 is 14.2 Å². The summed E-state index contributed by atoms with van der Waals surface area (Å²) in [6, 6.07) is 6.16. The Balaban J connectivity index is 2.17. The summed E-state index contributed by atoms with van der Waals surface area (Å²) in [7, 11) is 5.12. The van der Waals surface area contributed by atoms with Crippen LogP contribution in [0.2, 0.25) is 0 Å². The van der Waals surface area contributed by atoms with Crippen LogP contribution >= 0.6 is 0 Å². The number of rotatable bonds is 6. The third kappa shape index (κ3) is 3.87. The average Bonchev–Trinajstić information content (AvgIpc) is 2.55. The van der Waals surface area contributed by atoms with E-state index in [1.807, 2.05) is 18.2 Å². The molecule has 2 rings (SSSR count). The van der Waals surface area contributed by atoms with Crippen LogP contribution in [0.1, 0.15) is 24.4 Å². The molecule has 118 valence electrons. The molecule has 0 radical (unpaired) electrons. The first-order valence-corrected chi connectivity index (χ1v) is 7.41. The molecule has 5 heteroatoms. The van der Waals surface area contributed by atoms with Crippen LogP contribution in [0.5, 0.6) is 11.5 Å². The van der Waals surface area contributed by atoms with Crippen LogP contribution in [0.3, 0.4) is 0 Å². The second kappa shape index (κ2) is 7.64. The lowest BCUT2D eigenvalue weighted by Crippen LogP contribution is -2.41. The van der Waals surface area contributed by atoms with Gasteiger partial charge >= 0.3 is 0 Å². The lowest BCUT2D eigenvalue weighted by molar-refractivity contribution is 0.0280. The highest BCUT2D eigenvalue weighted by atomic mass is 16.5. The van der Waals surface area contributed by atoms with Gasteiger partial charge in [-0.05, 0) is 30.5 Å². The predicted octanol–water partition coefficient (Wildman–Crippen LogP) is 1.81. The molecule has 0 spiro atoms. The lowest BCUT2D eigenvalue weighted by atomic mass is 10.00. The lowest BCUT2D eigenvalue weighted by Gasteiger charge is -2.37. The van der Waals surface area contributed by atoms with E-state index in [-0.39, 0.29) is 6.04 Å². The molecular formula is C16H26N2O3. The maximum Gasteiger partial charge on any atom is 0.122 e. The van der Waals surface area contributed by atoms with Crippen molar-refractivity contribution in [2.24, 2.45) is 5.73 Å². The second-order valence-corrected chi connectivity index (χ2v) is 5.37. The number of nitrogens with two attached hydrogens (primary N) is 1. The molecule has 1 aromatic carbocycles. The van der Waals surface area contributed by atoms with Gasteiger partial charge in [0.25, 0.3) is 0 Å². The van der Waals surface area contributed by atoms with E-state index < -0.39 is 0 Å². The van der Waals surface area contributed by atoms with Gasteiger partial charge in [0, 0.05) is 38.9 Å². The molecule has 0 saturated carbocycles. The predicted molar refractivity (Wildman–Crippen MR) is 82.9 cm³/mol. The standard InChI is InChI=1S/C16H26N2O3/c1-19-13-4-6-18(7-5-13)16(11-17)12-8-14(20-2)10-15(9-12)21-3/h8-10,13,16H,4-7,11,17H2,1-3H3. The van der Waals surface area contributed by atoms with Gasteiger partial charge in [0.1, 0.15) is 11.5 Å². The fourth-order valence-electron chi connectivity index (χ4n) is 2.94. The fraction of sp³-hybridized carbons (Fsp3) is 0.625. The zero-order valence-corrected chi connectivity index (χ0v) is 13.2. The van der Waals surface area contributed by atoms with Crippen molar-refractivity contribution in [3.05, 3.63) is 23.8 Å². The number of nitrogens with zero attached hydrogens (tertiary/aromatic N) is 1. The summed E-state index contributed by atoms with van der Waals surface area (Å²) in [5, 5.41) is 0. The summed E-state index contributed by atoms with van der Waals surface area (Å²) in [6.45, 7) is 2.58. The molecule has 1 aliphatic heterocycles. The number of hydrogen-bond donors (Lipinski definition) is 1. The molecule has 1 heterocycles. The van der Waals surface area contributed by atoms with Gasteiger partial charge in [0.15, 0.2) is 0 Å². The highest BCUT2D eigenvalue weighted by molar-refractivity contribution is 5.40. The van der Waals surface area contributed by atoms with Crippen molar-refractivity contribution in [3.63, 3.8) is 0 Å².